The Balaban J connectivity index is 2.03. The van der Waals surface area contributed by atoms with Crippen LogP contribution in [0.4, 0.5) is 0 Å². The van der Waals surface area contributed by atoms with Gasteiger partial charge in [0, 0.05) is 13.1 Å². The topological polar surface area (TPSA) is 12.5 Å². The van der Waals surface area contributed by atoms with E-state index in [-0.39, 0.29) is 0 Å². The molecule has 0 aromatic heterocycles. The Kier molecular flexibility index (Phi) is 3.56. The van der Waals surface area contributed by atoms with Gasteiger partial charge < -0.3 is 4.74 Å². The fourth-order valence-corrected chi connectivity index (χ4v) is 2.34. The van der Waals surface area contributed by atoms with Gasteiger partial charge in [0.1, 0.15) is 0 Å². The van der Waals surface area contributed by atoms with Crippen molar-refractivity contribution in [1.82, 2.24) is 4.90 Å². The van der Waals surface area contributed by atoms with E-state index >= 15 is 0 Å². The molecule has 1 aliphatic heterocycles. The van der Waals surface area contributed by atoms with Crippen LogP contribution in [0.2, 0.25) is 0 Å². The zero-order valence-corrected chi connectivity index (χ0v) is 9.61. The van der Waals surface area contributed by atoms with Crippen LogP contribution in [0.25, 0.3) is 0 Å². The molecule has 76 valence electrons. The van der Waals surface area contributed by atoms with Crippen molar-refractivity contribution in [3.63, 3.8) is 0 Å². The van der Waals surface area contributed by atoms with E-state index < -0.39 is 0 Å². The highest BCUT2D eigenvalue weighted by molar-refractivity contribution is 9.09. The molecule has 0 amide bonds. The molecule has 2 rings (SSSR count). The zero-order chi connectivity index (χ0) is 9.80. The average Bonchev–Trinajstić information content (AvgIpc) is 2.30. The number of hydrogen-bond donors (Lipinski definition) is 0. The summed E-state index contributed by atoms with van der Waals surface area (Å²) >= 11 is 3.72. The second-order valence-corrected chi connectivity index (χ2v) is 4.26. The SMILES string of the molecule is BrC(c1ccccc1)N1CCOCC1. The number of ether oxygens (including phenoxy) is 1. The summed E-state index contributed by atoms with van der Waals surface area (Å²) in [4.78, 5) is 2.71. The minimum Gasteiger partial charge on any atom is -0.379 e. The molecule has 1 unspecified atom stereocenters. The molecule has 1 heterocycles. The molecule has 0 radical (unpaired) electrons. The van der Waals surface area contributed by atoms with Crippen LogP contribution in [-0.4, -0.2) is 31.2 Å². The Morgan fingerprint density at radius 1 is 1.14 bits per heavy atom. The normalized spacial score (nSPS) is 20.6. The second kappa shape index (κ2) is 4.91. The quantitative estimate of drug-likeness (QED) is 0.595. The molecular weight excluding hydrogens is 242 g/mol. The van der Waals surface area contributed by atoms with E-state index in [0.29, 0.717) is 4.95 Å². The maximum atomic E-state index is 5.32. The van der Waals surface area contributed by atoms with E-state index in [1.54, 1.807) is 0 Å². The molecule has 2 nitrogen and oxygen atoms in total. The third kappa shape index (κ3) is 2.35. The number of benzene rings is 1. The highest BCUT2D eigenvalue weighted by atomic mass is 79.9. The van der Waals surface area contributed by atoms with Crippen molar-refractivity contribution in [3.05, 3.63) is 35.9 Å². The molecule has 1 saturated heterocycles. The summed E-state index contributed by atoms with van der Waals surface area (Å²) in [6, 6.07) is 10.5. The first-order chi connectivity index (χ1) is 6.88. The average molecular weight is 256 g/mol. The van der Waals surface area contributed by atoms with Gasteiger partial charge in [0.2, 0.25) is 0 Å². The zero-order valence-electron chi connectivity index (χ0n) is 8.03. The Morgan fingerprint density at radius 2 is 1.79 bits per heavy atom. The number of morpholine rings is 1. The van der Waals surface area contributed by atoms with Crippen LogP contribution in [0, 0.1) is 0 Å². The molecule has 3 heteroatoms. The smallest absolute Gasteiger partial charge is 0.0913 e. The third-order valence-corrected chi connectivity index (χ3v) is 3.55. The minimum absolute atomic E-state index is 0.326. The number of halogens is 1. The van der Waals surface area contributed by atoms with Crippen LogP contribution in [-0.2, 0) is 4.74 Å². The summed E-state index contributed by atoms with van der Waals surface area (Å²) in [5.74, 6) is 0. The lowest BCUT2D eigenvalue weighted by Crippen LogP contribution is -2.36. The summed E-state index contributed by atoms with van der Waals surface area (Å²) < 4.78 is 5.32. The Hall–Kier alpha value is -0.380. The van der Waals surface area contributed by atoms with Crippen LogP contribution in [0.15, 0.2) is 30.3 Å². The third-order valence-electron chi connectivity index (χ3n) is 2.44. The van der Waals surface area contributed by atoms with Crippen LogP contribution < -0.4 is 0 Å². The number of hydrogen-bond acceptors (Lipinski definition) is 2. The number of rotatable bonds is 2. The van der Waals surface area contributed by atoms with Crippen molar-refractivity contribution in [3.8, 4) is 0 Å². The van der Waals surface area contributed by atoms with Gasteiger partial charge in [-0.15, -0.1) is 0 Å². The minimum atomic E-state index is 0.326. The Labute approximate surface area is 93.0 Å². The molecule has 0 aliphatic carbocycles. The molecule has 0 N–H and O–H groups in total. The molecular formula is C11H14BrNO. The molecule has 1 aromatic rings. The van der Waals surface area contributed by atoms with Gasteiger partial charge in [0.05, 0.1) is 18.2 Å². The van der Waals surface area contributed by atoms with Crippen molar-refractivity contribution < 1.29 is 4.74 Å². The lowest BCUT2D eigenvalue weighted by Gasteiger charge is -2.31. The molecule has 1 aromatic carbocycles. The van der Waals surface area contributed by atoms with E-state index in [1.807, 2.05) is 6.07 Å². The summed E-state index contributed by atoms with van der Waals surface area (Å²) in [5, 5.41) is 0. The summed E-state index contributed by atoms with van der Waals surface area (Å²) in [6.07, 6.45) is 0. The van der Waals surface area contributed by atoms with Crippen molar-refractivity contribution in [2.45, 2.75) is 4.95 Å². The summed E-state index contributed by atoms with van der Waals surface area (Å²) in [7, 11) is 0. The van der Waals surface area contributed by atoms with Gasteiger partial charge >= 0.3 is 0 Å². The van der Waals surface area contributed by atoms with Gasteiger partial charge in [-0.1, -0.05) is 46.3 Å². The van der Waals surface area contributed by atoms with Crippen molar-refractivity contribution in [1.29, 1.82) is 0 Å². The predicted molar refractivity (Wildman–Crippen MR) is 60.5 cm³/mol. The lowest BCUT2D eigenvalue weighted by atomic mass is 10.2. The first-order valence-electron chi connectivity index (χ1n) is 4.89. The monoisotopic (exact) mass is 255 g/mol. The molecule has 1 aliphatic rings. The first kappa shape index (κ1) is 10.1. The van der Waals surface area contributed by atoms with E-state index in [0.717, 1.165) is 26.3 Å². The largest absolute Gasteiger partial charge is 0.379 e. The fraction of sp³-hybridized carbons (Fsp3) is 0.455. The summed E-state index contributed by atoms with van der Waals surface area (Å²) in [6.45, 7) is 3.69. The number of alkyl halides is 1. The van der Waals surface area contributed by atoms with Crippen molar-refractivity contribution >= 4 is 15.9 Å². The highest BCUT2D eigenvalue weighted by Crippen LogP contribution is 2.27. The highest BCUT2D eigenvalue weighted by Gasteiger charge is 2.19. The first-order valence-corrected chi connectivity index (χ1v) is 5.80. The molecule has 14 heavy (non-hydrogen) atoms. The van der Waals surface area contributed by atoms with Gasteiger partial charge in [-0.05, 0) is 5.56 Å². The van der Waals surface area contributed by atoms with Crippen LogP contribution in [0.1, 0.15) is 10.5 Å². The van der Waals surface area contributed by atoms with E-state index in [1.165, 1.54) is 5.56 Å². The van der Waals surface area contributed by atoms with Crippen LogP contribution >= 0.6 is 15.9 Å². The maximum Gasteiger partial charge on any atom is 0.0913 e. The molecule has 1 fully saturated rings. The van der Waals surface area contributed by atoms with Gasteiger partial charge in [-0.3, -0.25) is 4.90 Å². The molecule has 0 saturated carbocycles. The van der Waals surface area contributed by atoms with Crippen molar-refractivity contribution in [2.24, 2.45) is 0 Å². The molecule has 1 atom stereocenters. The van der Waals surface area contributed by atoms with Gasteiger partial charge in [-0.2, -0.15) is 0 Å². The van der Waals surface area contributed by atoms with E-state index in [4.69, 9.17) is 4.74 Å². The van der Waals surface area contributed by atoms with Gasteiger partial charge in [0.25, 0.3) is 0 Å². The Bertz CT molecular complexity index is 272. The standard InChI is InChI=1S/C11H14BrNO/c12-11(10-4-2-1-3-5-10)13-6-8-14-9-7-13/h1-5,11H,6-9H2. The Morgan fingerprint density at radius 3 is 2.43 bits per heavy atom. The van der Waals surface area contributed by atoms with Gasteiger partial charge in [0.15, 0.2) is 0 Å². The summed E-state index contributed by atoms with van der Waals surface area (Å²) in [5.41, 5.74) is 1.31. The second-order valence-electron chi connectivity index (χ2n) is 3.39. The number of nitrogens with zero attached hydrogens (tertiary/aromatic N) is 1. The fourth-order valence-electron chi connectivity index (χ4n) is 1.63. The van der Waals surface area contributed by atoms with E-state index in [9.17, 15) is 0 Å². The molecule has 0 spiro atoms. The van der Waals surface area contributed by atoms with Gasteiger partial charge in [-0.25, -0.2) is 0 Å². The predicted octanol–water partition coefficient (Wildman–Crippen LogP) is 2.41. The van der Waals surface area contributed by atoms with Crippen LogP contribution in [0.3, 0.4) is 0 Å². The maximum absolute atomic E-state index is 5.32. The van der Waals surface area contributed by atoms with E-state index in [2.05, 4.69) is 45.1 Å². The van der Waals surface area contributed by atoms with Crippen LogP contribution in [0.5, 0.6) is 0 Å². The van der Waals surface area contributed by atoms with Crippen molar-refractivity contribution in [2.75, 3.05) is 26.3 Å². The lowest BCUT2D eigenvalue weighted by molar-refractivity contribution is 0.0335. The molecule has 0 bridgehead atoms.